The number of rotatable bonds is 16. The Morgan fingerprint density at radius 3 is 2.27 bits per heavy atom. The van der Waals surface area contributed by atoms with Crippen molar-refractivity contribution in [2.24, 2.45) is 11.5 Å². The number of amides is 3. The molecule has 0 bridgehead atoms. The summed E-state index contributed by atoms with van der Waals surface area (Å²) in [5.41, 5.74) is 13.7. The normalized spacial score (nSPS) is 14.2. The summed E-state index contributed by atoms with van der Waals surface area (Å²) in [5.74, 6) is -3.26. The fraction of sp³-hybridized carbons (Fsp3) is 0.423. The largest absolute Gasteiger partial charge is 0.480 e. The first kappa shape index (κ1) is 30.7. The van der Waals surface area contributed by atoms with Crippen LogP contribution in [-0.2, 0) is 32.0 Å². The zero-order chi connectivity index (χ0) is 29.1. The summed E-state index contributed by atoms with van der Waals surface area (Å²) in [6.45, 7) is 0.481. The number of aliphatic carboxylic acids is 1. The van der Waals surface area contributed by atoms with E-state index in [1.54, 1.807) is 6.20 Å². The van der Waals surface area contributed by atoms with E-state index in [-0.39, 0.29) is 18.6 Å². The third-order valence-corrected chi connectivity index (χ3v) is 6.81. The number of aromatic amines is 2. The first-order chi connectivity index (χ1) is 19.2. The lowest BCUT2D eigenvalue weighted by molar-refractivity contribution is -0.141. The molecule has 1 aromatic carbocycles. The molecule has 2 heterocycles. The van der Waals surface area contributed by atoms with Gasteiger partial charge < -0.3 is 42.5 Å². The number of unbranched alkanes of at least 4 members (excludes halogenated alkanes) is 1. The maximum Gasteiger partial charge on any atom is 0.327 e. The Bertz CT molecular complexity index is 1280. The van der Waals surface area contributed by atoms with Crippen molar-refractivity contribution < 1.29 is 24.3 Å². The number of thiol groups is 1. The SMILES string of the molecule is NCCCCC(N)C(=O)NC(Cc1cnc[nH]1)C(=O)NC(Cc1c[nH]c2ccccc12)C(=O)NC(CS)C(=O)O. The fourth-order valence-electron chi connectivity index (χ4n) is 4.20. The third-order valence-electron chi connectivity index (χ3n) is 6.45. The van der Waals surface area contributed by atoms with Crippen LogP contribution in [0, 0.1) is 0 Å². The maximum absolute atomic E-state index is 13.5. The number of nitrogens with one attached hydrogen (secondary N) is 5. The molecule has 4 unspecified atom stereocenters. The Morgan fingerprint density at radius 2 is 1.62 bits per heavy atom. The van der Waals surface area contributed by atoms with E-state index in [2.05, 4.69) is 43.5 Å². The van der Waals surface area contributed by atoms with Crippen LogP contribution in [0.2, 0.25) is 0 Å². The number of nitrogens with two attached hydrogens (primary N) is 2. The molecule has 0 saturated heterocycles. The van der Waals surface area contributed by atoms with Crippen molar-refractivity contribution in [2.75, 3.05) is 12.3 Å². The molecule has 0 saturated carbocycles. The number of benzene rings is 1. The Kier molecular flexibility index (Phi) is 11.5. The summed E-state index contributed by atoms with van der Waals surface area (Å²) in [6, 6.07) is 3.11. The monoisotopic (exact) mass is 572 g/mol. The first-order valence-corrected chi connectivity index (χ1v) is 13.6. The molecule has 3 aromatic rings. The maximum atomic E-state index is 13.5. The van der Waals surface area contributed by atoms with Gasteiger partial charge in [0, 0.05) is 47.6 Å². The van der Waals surface area contributed by atoms with Crippen LogP contribution < -0.4 is 27.4 Å². The van der Waals surface area contributed by atoms with E-state index in [4.69, 9.17) is 11.5 Å². The molecule has 0 fully saturated rings. The van der Waals surface area contributed by atoms with Crippen molar-refractivity contribution in [3.63, 3.8) is 0 Å². The first-order valence-electron chi connectivity index (χ1n) is 13.0. The van der Waals surface area contributed by atoms with E-state index in [9.17, 15) is 24.3 Å². The standard InChI is InChI=1S/C26H36N8O5S/c27-8-4-3-6-18(28)23(35)32-21(10-16-12-29-14-31-16)25(37)33-20(24(36)34-22(13-40)26(38)39)9-15-11-30-19-7-2-1-5-17(15)19/h1-2,5,7,11-12,14,18,20-22,30,40H,3-4,6,8-10,13,27-28H2,(H,29,31)(H,32,35)(H,33,37)(H,34,36)(H,38,39). The zero-order valence-electron chi connectivity index (χ0n) is 21.9. The second kappa shape index (κ2) is 15.1. The summed E-state index contributed by atoms with van der Waals surface area (Å²) in [6.07, 6.45) is 6.59. The van der Waals surface area contributed by atoms with Crippen molar-refractivity contribution in [1.29, 1.82) is 0 Å². The predicted octanol–water partition coefficient (Wildman–Crippen LogP) is -0.399. The third kappa shape index (κ3) is 8.56. The van der Waals surface area contributed by atoms with Gasteiger partial charge in [0.15, 0.2) is 0 Å². The van der Waals surface area contributed by atoms with Crippen molar-refractivity contribution >= 4 is 47.2 Å². The molecular formula is C26H36N8O5S. The van der Waals surface area contributed by atoms with Gasteiger partial charge in [-0.25, -0.2) is 9.78 Å². The summed E-state index contributed by atoms with van der Waals surface area (Å²) in [7, 11) is 0. The quantitative estimate of drug-likeness (QED) is 0.0810. The topological polar surface area (TPSA) is 221 Å². The molecule has 3 rings (SSSR count). The number of imidazole rings is 1. The number of H-pyrrole nitrogens is 2. The van der Waals surface area contributed by atoms with Crippen LogP contribution in [0.4, 0.5) is 0 Å². The van der Waals surface area contributed by atoms with E-state index in [0.717, 1.165) is 16.5 Å². The van der Waals surface area contributed by atoms with Crippen LogP contribution in [0.1, 0.15) is 30.5 Å². The number of para-hydroxylation sites is 1. The molecule has 2 aromatic heterocycles. The van der Waals surface area contributed by atoms with Crippen LogP contribution in [-0.4, -0.2) is 80.2 Å². The number of nitrogens with zero attached hydrogens (tertiary/aromatic N) is 1. The Labute approximate surface area is 236 Å². The van der Waals surface area contributed by atoms with Crippen molar-refractivity contribution in [3.8, 4) is 0 Å². The van der Waals surface area contributed by atoms with Gasteiger partial charge in [-0.1, -0.05) is 24.6 Å². The highest BCUT2D eigenvalue weighted by atomic mass is 32.1. The molecule has 3 amide bonds. The highest BCUT2D eigenvalue weighted by molar-refractivity contribution is 7.80. The van der Waals surface area contributed by atoms with Crippen LogP contribution in [0.5, 0.6) is 0 Å². The van der Waals surface area contributed by atoms with Crippen LogP contribution >= 0.6 is 12.6 Å². The Morgan fingerprint density at radius 1 is 0.950 bits per heavy atom. The summed E-state index contributed by atoms with van der Waals surface area (Å²) in [5, 5.41) is 18.1. The minimum absolute atomic E-state index is 0.0584. The molecule has 0 aliphatic carbocycles. The average molecular weight is 573 g/mol. The molecule has 40 heavy (non-hydrogen) atoms. The second-order valence-corrected chi connectivity index (χ2v) is 9.81. The fourth-order valence-corrected chi connectivity index (χ4v) is 4.45. The van der Waals surface area contributed by atoms with Gasteiger partial charge in [-0.05, 0) is 31.0 Å². The Balaban J connectivity index is 1.83. The molecule has 10 N–H and O–H groups in total. The number of hydrogen-bond acceptors (Lipinski definition) is 8. The minimum Gasteiger partial charge on any atom is -0.480 e. The highest BCUT2D eigenvalue weighted by Gasteiger charge is 2.31. The molecule has 14 heteroatoms. The molecule has 216 valence electrons. The van der Waals surface area contributed by atoms with Crippen LogP contribution in [0.15, 0.2) is 43.0 Å². The lowest BCUT2D eigenvalue weighted by atomic mass is 10.0. The van der Waals surface area contributed by atoms with Gasteiger partial charge in [0.25, 0.3) is 0 Å². The lowest BCUT2D eigenvalue weighted by Crippen LogP contribution is -2.58. The summed E-state index contributed by atoms with van der Waals surface area (Å²) < 4.78 is 0. The van der Waals surface area contributed by atoms with Crippen LogP contribution in [0.25, 0.3) is 10.9 Å². The van der Waals surface area contributed by atoms with E-state index >= 15 is 0 Å². The van der Waals surface area contributed by atoms with E-state index < -0.39 is 47.9 Å². The van der Waals surface area contributed by atoms with Crippen molar-refractivity contribution in [2.45, 2.75) is 56.3 Å². The number of aromatic nitrogens is 3. The van der Waals surface area contributed by atoms with Gasteiger partial charge >= 0.3 is 5.97 Å². The Hall–Kier alpha value is -3.88. The molecule has 4 atom stereocenters. The lowest BCUT2D eigenvalue weighted by Gasteiger charge is -2.25. The highest BCUT2D eigenvalue weighted by Crippen LogP contribution is 2.19. The van der Waals surface area contributed by atoms with E-state index in [1.165, 1.54) is 12.5 Å². The zero-order valence-corrected chi connectivity index (χ0v) is 22.8. The van der Waals surface area contributed by atoms with Gasteiger partial charge in [0.1, 0.15) is 18.1 Å². The minimum atomic E-state index is -1.26. The molecule has 0 aliphatic heterocycles. The summed E-state index contributed by atoms with van der Waals surface area (Å²) >= 11 is 4.01. The van der Waals surface area contributed by atoms with Crippen molar-refractivity contribution in [3.05, 3.63) is 54.2 Å². The molecule has 13 nitrogen and oxygen atoms in total. The smallest absolute Gasteiger partial charge is 0.327 e. The average Bonchev–Trinajstić information content (AvgIpc) is 3.60. The number of carboxylic acids is 1. The molecule has 0 radical (unpaired) electrons. The second-order valence-electron chi connectivity index (χ2n) is 9.44. The van der Waals surface area contributed by atoms with Gasteiger partial charge in [-0.3, -0.25) is 14.4 Å². The van der Waals surface area contributed by atoms with Gasteiger partial charge in [0.2, 0.25) is 17.7 Å². The van der Waals surface area contributed by atoms with Gasteiger partial charge in [-0.2, -0.15) is 12.6 Å². The summed E-state index contributed by atoms with van der Waals surface area (Å²) in [4.78, 5) is 61.2. The van der Waals surface area contributed by atoms with Gasteiger partial charge in [-0.15, -0.1) is 0 Å². The number of carbonyl (C=O) groups excluding carboxylic acids is 3. The van der Waals surface area contributed by atoms with E-state index in [1.807, 2.05) is 24.3 Å². The predicted molar refractivity (Wildman–Crippen MR) is 152 cm³/mol. The van der Waals surface area contributed by atoms with Gasteiger partial charge in [0.05, 0.1) is 12.4 Å². The number of fused-ring (bicyclic) bond motifs is 1. The number of hydrogen-bond donors (Lipinski definition) is 9. The molecule has 0 aliphatic rings. The number of carbonyl (C=O) groups is 4. The molecular weight excluding hydrogens is 536 g/mol. The van der Waals surface area contributed by atoms with Crippen molar-refractivity contribution in [1.82, 2.24) is 30.9 Å². The number of carboxylic acid groups (broad SMARTS) is 1. The molecule has 0 spiro atoms. The van der Waals surface area contributed by atoms with E-state index in [0.29, 0.717) is 31.5 Å². The van der Waals surface area contributed by atoms with Crippen LogP contribution in [0.3, 0.4) is 0 Å².